The zero-order valence-electron chi connectivity index (χ0n) is 8.58. The quantitative estimate of drug-likeness (QED) is 0.779. The molecule has 15 heavy (non-hydrogen) atoms. The topological polar surface area (TPSA) is 36.1 Å². The van der Waals surface area contributed by atoms with Crippen LogP contribution in [0.4, 0.5) is 0 Å². The van der Waals surface area contributed by atoms with Gasteiger partial charge in [-0.05, 0) is 24.0 Å². The van der Waals surface area contributed by atoms with Gasteiger partial charge in [0, 0.05) is 37.8 Å². The average Bonchev–Trinajstić information content (AvgIpc) is 2.84. The van der Waals surface area contributed by atoms with E-state index < -0.39 is 0 Å². The molecule has 82 valence electrons. The maximum absolute atomic E-state index is 11.6. The minimum atomic E-state index is 0.246. The molecule has 0 aliphatic carbocycles. The predicted octanol–water partition coefficient (Wildman–Crippen LogP) is 1.64. The van der Waals surface area contributed by atoms with Crippen LogP contribution in [0.5, 0.6) is 0 Å². The molecule has 1 amide bonds. The summed E-state index contributed by atoms with van der Waals surface area (Å²) in [7, 11) is 0. The summed E-state index contributed by atoms with van der Waals surface area (Å²) in [5, 5.41) is 0. The Bertz CT molecular complexity index is 323. The van der Waals surface area contributed by atoms with Gasteiger partial charge in [-0.3, -0.25) is 4.79 Å². The minimum absolute atomic E-state index is 0.246. The summed E-state index contributed by atoms with van der Waals surface area (Å²) in [5.41, 5.74) is 1.25. The third-order valence-corrected chi connectivity index (χ3v) is 3.28. The van der Waals surface area contributed by atoms with Gasteiger partial charge in [-0.2, -0.15) is 0 Å². The van der Waals surface area contributed by atoms with Crippen molar-refractivity contribution in [2.75, 3.05) is 19.0 Å². The number of alkyl halides is 1. The van der Waals surface area contributed by atoms with Gasteiger partial charge in [0.1, 0.15) is 0 Å². The molecule has 2 heterocycles. The fourth-order valence-electron chi connectivity index (χ4n) is 1.95. The van der Waals surface area contributed by atoms with Crippen molar-refractivity contribution < 1.29 is 4.79 Å². The van der Waals surface area contributed by atoms with Crippen molar-refractivity contribution in [2.24, 2.45) is 5.92 Å². The highest BCUT2D eigenvalue weighted by molar-refractivity contribution is 6.18. The second-order valence-corrected chi connectivity index (χ2v) is 4.34. The van der Waals surface area contributed by atoms with E-state index in [9.17, 15) is 4.79 Å². The molecule has 1 aliphatic rings. The van der Waals surface area contributed by atoms with E-state index in [2.05, 4.69) is 4.98 Å². The van der Waals surface area contributed by atoms with Gasteiger partial charge in [0.15, 0.2) is 0 Å². The number of aromatic nitrogens is 1. The van der Waals surface area contributed by atoms with Crippen LogP contribution in [0.1, 0.15) is 12.0 Å². The van der Waals surface area contributed by atoms with Crippen molar-refractivity contribution in [2.45, 2.75) is 12.8 Å². The van der Waals surface area contributed by atoms with E-state index >= 15 is 0 Å². The molecule has 3 nitrogen and oxygen atoms in total. The molecule has 1 unspecified atom stereocenters. The molecule has 0 saturated carbocycles. The van der Waals surface area contributed by atoms with Crippen molar-refractivity contribution in [3.8, 4) is 0 Å². The summed E-state index contributed by atoms with van der Waals surface area (Å²) in [5.74, 6) is 1.19. The number of rotatable bonds is 4. The number of hydrogen-bond acceptors (Lipinski definition) is 1. The van der Waals surface area contributed by atoms with Crippen LogP contribution in [0.3, 0.4) is 0 Å². The highest BCUT2D eigenvalue weighted by Gasteiger charge is 2.28. The number of hydrogen-bond donors (Lipinski definition) is 1. The first-order valence-electron chi connectivity index (χ1n) is 5.25. The van der Waals surface area contributed by atoms with Crippen LogP contribution >= 0.6 is 11.6 Å². The molecule has 0 spiro atoms. The van der Waals surface area contributed by atoms with E-state index in [4.69, 9.17) is 11.6 Å². The Morgan fingerprint density at radius 2 is 2.47 bits per heavy atom. The van der Waals surface area contributed by atoms with Crippen LogP contribution in [0.15, 0.2) is 18.5 Å². The zero-order valence-corrected chi connectivity index (χ0v) is 9.33. The van der Waals surface area contributed by atoms with Crippen molar-refractivity contribution in [3.63, 3.8) is 0 Å². The number of H-pyrrole nitrogens is 1. The van der Waals surface area contributed by atoms with E-state index in [1.54, 1.807) is 0 Å². The van der Waals surface area contributed by atoms with Crippen LogP contribution in [0, 0.1) is 5.92 Å². The van der Waals surface area contributed by atoms with E-state index in [1.165, 1.54) is 5.56 Å². The summed E-state index contributed by atoms with van der Waals surface area (Å²) >= 11 is 5.75. The van der Waals surface area contributed by atoms with Crippen molar-refractivity contribution in [3.05, 3.63) is 24.0 Å². The SMILES string of the molecule is O=C1CC(CCl)CN1CCc1cc[nH]c1. The molecule has 4 heteroatoms. The molecular weight excluding hydrogens is 212 g/mol. The number of amides is 1. The van der Waals surface area contributed by atoms with Crippen LogP contribution in [0.25, 0.3) is 0 Å². The van der Waals surface area contributed by atoms with Crippen LogP contribution in [-0.4, -0.2) is 34.8 Å². The number of nitrogens with one attached hydrogen (secondary N) is 1. The summed E-state index contributed by atoms with van der Waals surface area (Å²) in [6, 6.07) is 2.04. The fraction of sp³-hybridized carbons (Fsp3) is 0.545. The van der Waals surface area contributed by atoms with Gasteiger partial charge in [-0.1, -0.05) is 0 Å². The predicted molar refractivity (Wildman–Crippen MR) is 59.9 cm³/mol. The van der Waals surface area contributed by atoms with Crippen LogP contribution in [0.2, 0.25) is 0 Å². The van der Waals surface area contributed by atoms with Crippen molar-refractivity contribution in [1.82, 2.24) is 9.88 Å². The Morgan fingerprint density at radius 3 is 3.07 bits per heavy atom. The maximum Gasteiger partial charge on any atom is 0.222 e. The van der Waals surface area contributed by atoms with Crippen LogP contribution < -0.4 is 0 Å². The molecular formula is C11H15ClN2O. The Labute approximate surface area is 94.4 Å². The molecule has 1 N–H and O–H groups in total. The summed E-state index contributed by atoms with van der Waals surface area (Å²) in [4.78, 5) is 16.5. The number of carbonyl (C=O) groups excluding carboxylic acids is 1. The lowest BCUT2D eigenvalue weighted by atomic mass is 10.1. The highest BCUT2D eigenvalue weighted by atomic mass is 35.5. The van der Waals surface area contributed by atoms with Gasteiger partial charge in [0.05, 0.1) is 0 Å². The largest absolute Gasteiger partial charge is 0.367 e. The van der Waals surface area contributed by atoms with Crippen LogP contribution in [-0.2, 0) is 11.2 Å². The second-order valence-electron chi connectivity index (χ2n) is 4.03. The third-order valence-electron chi connectivity index (χ3n) is 2.85. The molecule has 0 radical (unpaired) electrons. The first kappa shape index (κ1) is 10.6. The Kier molecular flexibility index (Phi) is 3.31. The van der Waals surface area contributed by atoms with E-state index in [0.29, 0.717) is 18.2 Å². The molecule has 0 bridgehead atoms. The number of nitrogens with zero attached hydrogens (tertiary/aromatic N) is 1. The van der Waals surface area contributed by atoms with Gasteiger partial charge in [0.2, 0.25) is 5.91 Å². The van der Waals surface area contributed by atoms with Gasteiger partial charge < -0.3 is 9.88 Å². The second kappa shape index (κ2) is 4.71. The number of likely N-dealkylation sites (tertiary alicyclic amines) is 1. The normalized spacial score (nSPS) is 21.3. The first-order chi connectivity index (χ1) is 7.29. The van der Waals surface area contributed by atoms with Gasteiger partial charge in [-0.15, -0.1) is 11.6 Å². The van der Waals surface area contributed by atoms with Gasteiger partial charge in [0.25, 0.3) is 0 Å². The summed E-state index contributed by atoms with van der Waals surface area (Å²) < 4.78 is 0. The van der Waals surface area contributed by atoms with Gasteiger partial charge >= 0.3 is 0 Å². The average molecular weight is 227 g/mol. The van der Waals surface area contributed by atoms with Gasteiger partial charge in [-0.25, -0.2) is 0 Å². The third kappa shape index (κ3) is 2.53. The van der Waals surface area contributed by atoms with Crippen molar-refractivity contribution >= 4 is 17.5 Å². The molecule has 1 aromatic heterocycles. The molecule has 2 rings (SSSR count). The van der Waals surface area contributed by atoms with Crippen molar-refractivity contribution in [1.29, 1.82) is 0 Å². The smallest absolute Gasteiger partial charge is 0.222 e. The molecule has 1 aliphatic heterocycles. The standard InChI is InChI=1S/C11H15ClN2O/c12-6-10-5-11(15)14(8-10)4-2-9-1-3-13-7-9/h1,3,7,10,13H,2,4-6,8H2. The highest BCUT2D eigenvalue weighted by Crippen LogP contribution is 2.19. The Balaban J connectivity index is 1.83. The summed E-state index contributed by atoms with van der Waals surface area (Å²) in [6.45, 7) is 1.64. The van der Waals surface area contributed by atoms with E-state index in [1.807, 2.05) is 23.4 Å². The lowest BCUT2D eigenvalue weighted by Gasteiger charge is -2.15. The fourth-order valence-corrected chi connectivity index (χ4v) is 2.16. The zero-order chi connectivity index (χ0) is 10.7. The number of carbonyl (C=O) groups is 1. The lowest BCUT2D eigenvalue weighted by molar-refractivity contribution is -0.127. The molecule has 1 saturated heterocycles. The van der Waals surface area contributed by atoms with E-state index in [0.717, 1.165) is 19.5 Å². The molecule has 1 aromatic rings. The first-order valence-corrected chi connectivity index (χ1v) is 5.78. The number of halogens is 1. The maximum atomic E-state index is 11.6. The lowest BCUT2D eigenvalue weighted by Crippen LogP contribution is -2.27. The summed E-state index contributed by atoms with van der Waals surface area (Å²) in [6.07, 6.45) is 5.42. The molecule has 0 aromatic carbocycles. The monoisotopic (exact) mass is 226 g/mol. The molecule has 1 fully saturated rings. The molecule has 1 atom stereocenters. The Morgan fingerprint density at radius 1 is 1.60 bits per heavy atom. The minimum Gasteiger partial charge on any atom is -0.367 e. The Hall–Kier alpha value is -0.960. The number of aromatic amines is 1. The van der Waals surface area contributed by atoms with E-state index in [-0.39, 0.29) is 5.91 Å².